The summed E-state index contributed by atoms with van der Waals surface area (Å²) in [6.07, 6.45) is 3.24. The fourth-order valence-corrected chi connectivity index (χ4v) is 2.59. The molecule has 2 rings (SSSR count). The van der Waals surface area contributed by atoms with Crippen LogP contribution in [0.25, 0.3) is 0 Å². The first-order valence-corrected chi connectivity index (χ1v) is 5.21. The molecule has 2 fully saturated rings. The Bertz CT molecular complexity index is 185. The average Bonchev–Trinajstić information content (AvgIpc) is 2.63. The van der Waals surface area contributed by atoms with Crippen LogP contribution in [-0.2, 0) is 4.74 Å². The second-order valence-corrected chi connectivity index (χ2v) is 5.75. The van der Waals surface area contributed by atoms with Crippen LogP contribution in [0.4, 0.5) is 0 Å². The molecule has 0 spiro atoms. The molecule has 2 aliphatic rings. The Morgan fingerprint density at radius 3 is 2.42 bits per heavy atom. The van der Waals surface area contributed by atoms with E-state index in [0.717, 1.165) is 12.3 Å². The van der Waals surface area contributed by atoms with E-state index in [1.165, 1.54) is 6.42 Å². The number of halogens is 1. The van der Waals surface area contributed by atoms with Gasteiger partial charge in [0.2, 0.25) is 0 Å². The number of hydrogen-bond donors (Lipinski definition) is 0. The molecule has 1 heterocycles. The van der Waals surface area contributed by atoms with Crippen LogP contribution in [0.1, 0.15) is 33.6 Å². The van der Waals surface area contributed by atoms with E-state index in [2.05, 4.69) is 20.8 Å². The Kier molecular flexibility index (Phi) is 1.93. The zero-order valence-electron chi connectivity index (χ0n) is 8.01. The van der Waals surface area contributed by atoms with Crippen LogP contribution in [0.5, 0.6) is 0 Å². The minimum absolute atomic E-state index is 0.271. The van der Waals surface area contributed by atoms with Gasteiger partial charge in [-0.15, -0.1) is 11.6 Å². The van der Waals surface area contributed by atoms with Gasteiger partial charge in [0.15, 0.2) is 0 Å². The lowest BCUT2D eigenvalue weighted by atomic mass is 9.72. The van der Waals surface area contributed by atoms with Gasteiger partial charge in [-0.05, 0) is 24.2 Å². The molecule has 1 saturated carbocycles. The standard InChI is InChI=1S/C10H17ClO/c1-10(2,3)6-4-7(11)9-8(5-6)12-9/h6-9H,4-5H2,1-3H3. The van der Waals surface area contributed by atoms with E-state index in [1.54, 1.807) is 0 Å². The maximum atomic E-state index is 6.18. The number of epoxide rings is 1. The predicted octanol–water partition coefficient (Wildman–Crippen LogP) is 2.82. The van der Waals surface area contributed by atoms with Crippen LogP contribution in [0.2, 0.25) is 0 Å². The molecule has 0 aromatic heterocycles. The molecule has 1 saturated heterocycles. The van der Waals surface area contributed by atoms with Crippen molar-refractivity contribution in [2.75, 3.05) is 0 Å². The molecule has 1 nitrogen and oxygen atoms in total. The summed E-state index contributed by atoms with van der Waals surface area (Å²) >= 11 is 6.18. The van der Waals surface area contributed by atoms with Gasteiger partial charge in [-0.3, -0.25) is 0 Å². The van der Waals surface area contributed by atoms with Crippen LogP contribution in [0.15, 0.2) is 0 Å². The SMILES string of the molecule is CC(C)(C)C1CC(Cl)C2OC2C1. The van der Waals surface area contributed by atoms with Crippen LogP contribution >= 0.6 is 11.6 Å². The van der Waals surface area contributed by atoms with Crippen molar-refractivity contribution in [3.8, 4) is 0 Å². The molecule has 0 aromatic rings. The Balaban J connectivity index is 2.01. The monoisotopic (exact) mass is 188 g/mol. The summed E-state index contributed by atoms with van der Waals surface area (Å²) in [6, 6.07) is 0. The van der Waals surface area contributed by atoms with Crippen molar-refractivity contribution in [2.24, 2.45) is 11.3 Å². The minimum atomic E-state index is 0.271. The second-order valence-electron chi connectivity index (χ2n) is 5.19. The maximum Gasteiger partial charge on any atom is 0.100 e. The highest BCUT2D eigenvalue weighted by Crippen LogP contribution is 2.47. The summed E-state index contributed by atoms with van der Waals surface area (Å²) in [5.41, 5.74) is 0.393. The maximum absolute atomic E-state index is 6.18. The molecule has 0 N–H and O–H groups in total. The van der Waals surface area contributed by atoms with Crippen molar-refractivity contribution in [3.05, 3.63) is 0 Å². The highest BCUT2D eigenvalue weighted by Gasteiger charge is 2.51. The van der Waals surface area contributed by atoms with Crippen LogP contribution < -0.4 is 0 Å². The molecule has 0 amide bonds. The smallest absolute Gasteiger partial charge is 0.100 e. The molecule has 2 heteroatoms. The number of hydrogen-bond acceptors (Lipinski definition) is 1. The van der Waals surface area contributed by atoms with Gasteiger partial charge in [0, 0.05) is 0 Å². The molecule has 4 unspecified atom stereocenters. The lowest BCUT2D eigenvalue weighted by Gasteiger charge is -2.33. The van der Waals surface area contributed by atoms with Gasteiger partial charge in [-0.1, -0.05) is 20.8 Å². The first-order chi connectivity index (χ1) is 5.48. The van der Waals surface area contributed by atoms with Gasteiger partial charge < -0.3 is 4.74 Å². The lowest BCUT2D eigenvalue weighted by Crippen LogP contribution is -2.31. The minimum Gasteiger partial charge on any atom is -0.368 e. The van der Waals surface area contributed by atoms with Crippen molar-refractivity contribution >= 4 is 11.6 Å². The van der Waals surface area contributed by atoms with Gasteiger partial charge >= 0.3 is 0 Å². The third-order valence-electron chi connectivity index (χ3n) is 3.23. The topological polar surface area (TPSA) is 12.5 Å². The number of alkyl halides is 1. The molecule has 0 bridgehead atoms. The molecule has 1 aliphatic carbocycles. The van der Waals surface area contributed by atoms with Gasteiger partial charge in [0.1, 0.15) is 6.10 Å². The number of rotatable bonds is 0. The van der Waals surface area contributed by atoms with Gasteiger partial charge in [-0.2, -0.15) is 0 Å². The van der Waals surface area contributed by atoms with E-state index in [1.807, 2.05) is 0 Å². The predicted molar refractivity (Wildman–Crippen MR) is 50.5 cm³/mol. The van der Waals surface area contributed by atoms with E-state index in [0.29, 0.717) is 17.6 Å². The fourth-order valence-electron chi connectivity index (χ4n) is 2.15. The average molecular weight is 189 g/mol. The summed E-state index contributed by atoms with van der Waals surface area (Å²) in [5, 5.41) is 0.271. The molecule has 12 heavy (non-hydrogen) atoms. The zero-order chi connectivity index (χ0) is 8.93. The molecule has 0 aromatic carbocycles. The highest BCUT2D eigenvalue weighted by atomic mass is 35.5. The Hall–Kier alpha value is 0.250. The van der Waals surface area contributed by atoms with E-state index in [-0.39, 0.29) is 5.38 Å². The first kappa shape index (κ1) is 8.83. The normalized spacial score (nSPS) is 47.0. The third-order valence-corrected chi connectivity index (χ3v) is 3.66. The molecule has 70 valence electrons. The van der Waals surface area contributed by atoms with Gasteiger partial charge in [0.25, 0.3) is 0 Å². The Labute approximate surface area is 79.4 Å². The van der Waals surface area contributed by atoms with Gasteiger partial charge in [-0.25, -0.2) is 0 Å². The van der Waals surface area contributed by atoms with E-state index >= 15 is 0 Å². The molecular formula is C10H17ClO. The van der Waals surface area contributed by atoms with Crippen molar-refractivity contribution in [1.29, 1.82) is 0 Å². The Morgan fingerprint density at radius 1 is 1.25 bits per heavy atom. The van der Waals surface area contributed by atoms with Crippen molar-refractivity contribution in [3.63, 3.8) is 0 Å². The van der Waals surface area contributed by atoms with Gasteiger partial charge in [0.05, 0.1) is 11.5 Å². The third kappa shape index (κ3) is 1.49. The van der Waals surface area contributed by atoms with E-state index in [9.17, 15) is 0 Å². The summed E-state index contributed by atoms with van der Waals surface area (Å²) in [5.74, 6) is 0.740. The number of ether oxygens (including phenoxy) is 1. The largest absolute Gasteiger partial charge is 0.368 e. The fraction of sp³-hybridized carbons (Fsp3) is 1.00. The zero-order valence-corrected chi connectivity index (χ0v) is 8.77. The second kappa shape index (κ2) is 2.62. The number of fused-ring (bicyclic) bond motifs is 1. The lowest BCUT2D eigenvalue weighted by molar-refractivity contribution is 0.192. The Morgan fingerprint density at radius 2 is 1.92 bits per heavy atom. The van der Waals surface area contributed by atoms with Crippen LogP contribution in [-0.4, -0.2) is 17.6 Å². The van der Waals surface area contributed by atoms with E-state index in [4.69, 9.17) is 16.3 Å². The molecule has 4 atom stereocenters. The highest BCUT2D eigenvalue weighted by molar-refractivity contribution is 6.21. The van der Waals surface area contributed by atoms with E-state index < -0.39 is 0 Å². The molecule has 0 radical (unpaired) electrons. The first-order valence-electron chi connectivity index (χ1n) is 4.78. The summed E-state index contributed by atoms with van der Waals surface area (Å²) < 4.78 is 5.48. The van der Waals surface area contributed by atoms with Crippen molar-refractivity contribution < 1.29 is 4.74 Å². The van der Waals surface area contributed by atoms with Crippen LogP contribution in [0, 0.1) is 11.3 Å². The summed E-state index contributed by atoms with van der Waals surface area (Å²) in [7, 11) is 0. The molecule has 1 aliphatic heterocycles. The summed E-state index contributed by atoms with van der Waals surface area (Å²) in [6.45, 7) is 6.89. The quantitative estimate of drug-likeness (QED) is 0.421. The summed E-state index contributed by atoms with van der Waals surface area (Å²) in [4.78, 5) is 0. The van der Waals surface area contributed by atoms with Crippen molar-refractivity contribution in [1.82, 2.24) is 0 Å². The van der Waals surface area contributed by atoms with Crippen molar-refractivity contribution in [2.45, 2.75) is 51.2 Å². The molecular weight excluding hydrogens is 172 g/mol. The van der Waals surface area contributed by atoms with Crippen LogP contribution in [0.3, 0.4) is 0 Å².